The Morgan fingerprint density at radius 2 is 1.16 bits per heavy atom. The number of halogens is 1. The van der Waals surface area contributed by atoms with Crippen LogP contribution in [0.15, 0.2) is 72.8 Å². The summed E-state index contributed by atoms with van der Waals surface area (Å²) in [6.45, 7) is 4.15. The van der Waals surface area contributed by atoms with Crippen LogP contribution in [0.2, 0.25) is 0 Å². The molecule has 1 aliphatic carbocycles. The van der Waals surface area contributed by atoms with Gasteiger partial charge in [-0.3, -0.25) is 0 Å². The molecule has 0 fully saturated rings. The molecule has 0 bridgehead atoms. The van der Waals surface area contributed by atoms with Gasteiger partial charge in [-0.05, 0) is 56.4 Å². The highest BCUT2D eigenvalue weighted by molar-refractivity contribution is 6.21. The quantitative estimate of drug-likeness (QED) is 0.305. The van der Waals surface area contributed by atoms with Crippen molar-refractivity contribution in [3.8, 4) is 23.0 Å². The van der Waals surface area contributed by atoms with Crippen molar-refractivity contribution >= 4 is 22.4 Å². The molecule has 1 atom stereocenters. The summed E-state index contributed by atoms with van der Waals surface area (Å²) in [4.78, 5) is 0. The summed E-state index contributed by atoms with van der Waals surface area (Å²) in [6, 6.07) is 24.7. The second-order valence-electron chi connectivity index (χ2n) is 8.24. The van der Waals surface area contributed by atoms with Crippen molar-refractivity contribution in [2.24, 2.45) is 0 Å². The zero-order valence-electron chi connectivity index (χ0n) is 17.8. The fourth-order valence-corrected chi connectivity index (χ4v) is 4.64. The van der Waals surface area contributed by atoms with Gasteiger partial charge in [-0.1, -0.05) is 60.7 Å². The Labute approximate surface area is 188 Å². The van der Waals surface area contributed by atoms with Gasteiger partial charge in [-0.15, -0.1) is 11.6 Å². The Hall–Kier alpha value is -2.97. The molecule has 0 saturated carbocycles. The number of ether oxygens (including phenoxy) is 2. The van der Waals surface area contributed by atoms with Crippen molar-refractivity contribution in [1.29, 1.82) is 0 Å². The van der Waals surface area contributed by atoms with Gasteiger partial charge >= 0.3 is 0 Å². The van der Waals surface area contributed by atoms with E-state index in [1.807, 2.05) is 36.4 Å². The van der Waals surface area contributed by atoms with E-state index in [2.05, 4.69) is 50.2 Å². The van der Waals surface area contributed by atoms with Crippen LogP contribution in [0.1, 0.15) is 28.7 Å². The number of aryl methyl sites for hydroxylation is 2. The Bertz CT molecular complexity index is 1260. The fourth-order valence-electron chi connectivity index (χ4n) is 4.38. The lowest BCUT2D eigenvalue weighted by Gasteiger charge is -2.27. The molecule has 0 N–H and O–H groups in total. The Balaban J connectivity index is 1.74. The van der Waals surface area contributed by atoms with Gasteiger partial charge < -0.3 is 9.47 Å². The third-order valence-corrected chi connectivity index (χ3v) is 6.45. The standard InChI is InChI=1S/C28H25ClO2/c1-18-9-3-7-13-25(18)30-27-21-11-5-6-12-22(21)28(24-17-20(29)15-16-23(24)27)31-26-14-8-4-10-19(26)2/h3-14,20H,15-17H2,1-2H3. The summed E-state index contributed by atoms with van der Waals surface area (Å²) >= 11 is 6.64. The van der Waals surface area contributed by atoms with E-state index < -0.39 is 0 Å². The number of alkyl halides is 1. The van der Waals surface area contributed by atoms with Crippen molar-refractivity contribution in [2.45, 2.75) is 38.5 Å². The van der Waals surface area contributed by atoms with Crippen molar-refractivity contribution in [3.63, 3.8) is 0 Å². The van der Waals surface area contributed by atoms with E-state index in [4.69, 9.17) is 21.1 Å². The summed E-state index contributed by atoms with van der Waals surface area (Å²) in [5.74, 6) is 3.59. The molecule has 5 rings (SSSR count). The third kappa shape index (κ3) is 3.77. The van der Waals surface area contributed by atoms with E-state index >= 15 is 0 Å². The van der Waals surface area contributed by atoms with Gasteiger partial charge in [0, 0.05) is 27.3 Å². The van der Waals surface area contributed by atoms with Gasteiger partial charge in [0.25, 0.3) is 0 Å². The van der Waals surface area contributed by atoms with Crippen LogP contribution in [0, 0.1) is 13.8 Å². The molecule has 0 aliphatic heterocycles. The molecule has 156 valence electrons. The van der Waals surface area contributed by atoms with Gasteiger partial charge in [-0.25, -0.2) is 0 Å². The second-order valence-corrected chi connectivity index (χ2v) is 8.85. The first kappa shape index (κ1) is 20.0. The molecule has 0 radical (unpaired) electrons. The van der Waals surface area contributed by atoms with Crippen molar-refractivity contribution < 1.29 is 9.47 Å². The number of para-hydroxylation sites is 2. The fraction of sp³-hybridized carbons (Fsp3) is 0.214. The van der Waals surface area contributed by atoms with Gasteiger partial charge in [0.2, 0.25) is 0 Å². The molecular formula is C28H25ClO2. The lowest BCUT2D eigenvalue weighted by atomic mass is 9.86. The first-order chi connectivity index (χ1) is 15.1. The smallest absolute Gasteiger partial charge is 0.139 e. The highest BCUT2D eigenvalue weighted by Crippen LogP contribution is 2.47. The lowest BCUT2D eigenvalue weighted by molar-refractivity contribution is 0.456. The first-order valence-corrected chi connectivity index (χ1v) is 11.2. The minimum absolute atomic E-state index is 0.0965. The second kappa shape index (κ2) is 8.28. The SMILES string of the molecule is Cc1ccccc1Oc1c2c(c(Oc3ccccc3C)c3ccccc13)CC(Cl)CC2. The Kier molecular flexibility index (Phi) is 5.33. The number of fused-ring (bicyclic) bond motifs is 2. The maximum absolute atomic E-state index is 6.64. The minimum Gasteiger partial charge on any atom is -0.456 e. The summed E-state index contributed by atoms with van der Waals surface area (Å²) in [7, 11) is 0. The Morgan fingerprint density at radius 1 is 0.677 bits per heavy atom. The van der Waals surface area contributed by atoms with E-state index in [-0.39, 0.29) is 5.38 Å². The van der Waals surface area contributed by atoms with Crippen molar-refractivity contribution in [1.82, 2.24) is 0 Å². The van der Waals surface area contributed by atoms with Crippen LogP contribution in [0.3, 0.4) is 0 Å². The highest BCUT2D eigenvalue weighted by Gasteiger charge is 2.28. The van der Waals surface area contributed by atoms with E-state index in [0.29, 0.717) is 0 Å². The molecular weight excluding hydrogens is 404 g/mol. The average molecular weight is 429 g/mol. The molecule has 0 spiro atoms. The molecule has 4 aromatic rings. The molecule has 2 nitrogen and oxygen atoms in total. The third-order valence-electron chi connectivity index (χ3n) is 6.07. The van der Waals surface area contributed by atoms with Crippen LogP contribution in [0.5, 0.6) is 23.0 Å². The maximum atomic E-state index is 6.64. The monoisotopic (exact) mass is 428 g/mol. The predicted octanol–water partition coefficient (Wildman–Crippen LogP) is 8.14. The van der Waals surface area contributed by atoms with Crippen LogP contribution < -0.4 is 9.47 Å². The molecule has 1 unspecified atom stereocenters. The van der Waals surface area contributed by atoms with Gasteiger partial charge in [0.1, 0.15) is 23.0 Å². The highest BCUT2D eigenvalue weighted by atomic mass is 35.5. The van der Waals surface area contributed by atoms with E-state index in [0.717, 1.165) is 69.7 Å². The normalized spacial score (nSPS) is 15.5. The van der Waals surface area contributed by atoms with Crippen molar-refractivity contribution in [3.05, 3.63) is 95.1 Å². The summed E-state index contributed by atoms with van der Waals surface area (Å²) in [5, 5.41) is 2.22. The molecule has 31 heavy (non-hydrogen) atoms. The van der Waals surface area contributed by atoms with Gasteiger partial charge in [0.15, 0.2) is 0 Å². The summed E-state index contributed by atoms with van der Waals surface area (Å²) in [6.07, 6.45) is 2.58. The lowest BCUT2D eigenvalue weighted by Crippen LogP contribution is -2.16. The number of hydrogen-bond donors (Lipinski definition) is 0. The van der Waals surface area contributed by atoms with Crippen LogP contribution in [-0.2, 0) is 12.8 Å². The molecule has 0 aromatic heterocycles. The molecule has 3 heteroatoms. The zero-order valence-corrected chi connectivity index (χ0v) is 18.6. The summed E-state index contributed by atoms with van der Waals surface area (Å²) < 4.78 is 13.2. The molecule has 1 aliphatic rings. The van der Waals surface area contributed by atoms with Gasteiger partial charge in [-0.2, -0.15) is 0 Å². The van der Waals surface area contributed by atoms with E-state index in [1.165, 1.54) is 5.56 Å². The van der Waals surface area contributed by atoms with Crippen molar-refractivity contribution in [2.75, 3.05) is 0 Å². The van der Waals surface area contributed by atoms with Crippen LogP contribution >= 0.6 is 11.6 Å². The van der Waals surface area contributed by atoms with Crippen LogP contribution in [0.4, 0.5) is 0 Å². The summed E-state index contributed by atoms with van der Waals surface area (Å²) in [5.41, 5.74) is 4.60. The zero-order chi connectivity index (χ0) is 21.4. The molecule has 4 aromatic carbocycles. The van der Waals surface area contributed by atoms with E-state index in [1.54, 1.807) is 0 Å². The molecule has 0 amide bonds. The number of rotatable bonds is 4. The number of hydrogen-bond acceptors (Lipinski definition) is 2. The predicted molar refractivity (Wildman–Crippen MR) is 128 cm³/mol. The first-order valence-electron chi connectivity index (χ1n) is 10.8. The topological polar surface area (TPSA) is 18.5 Å². The van der Waals surface area contributed by atoms with Crippen LogP contribution in [0.25, 0.3) is 10.8 Å². The number of benzene rings is 4. The van der Waals surface area contributed by atoms with E-state index in [9.17, 15) is 0 Å². The largest absolute Gasteiger partial charge is 0.456 e. The van der Waals surface area contributed by atoms with Gasteiger partial charge in [0.05, 0.1) is 0 Å². The molecule has 0 heterocycles. The van der Waals surface area contributed by atoms with Crippen LogP contribution in [-0.4, -0.2) is 5.38 Å². The average Bonchev–Trinajstić information content (AvgIpc) is 2.78. The maximum Gasteiger partial charge on any atom is 0.139 e. The minimum atomic E-state index is 0.0965. The molecule has 0 saturated heterocycles. The Morgan fingerprint density at radius 3 is 1.71 bits per heavy atom.